The monoisotopic (exact) mass is 244 g/mol. The van der Waals surface area contributed by atoms with Crippen molar-refractivity contribution in [3.8, 4) is 0 Å². The Balaban J connectivity index is 2.23. The number of rotatable bonds is 8. The Labute approximate surface area is 113 Å². The number of unbranched alkanes of at least 4 members (excludes halogenated alkanes) is 5. The van der Waals surface area contributed by atoms with Gasteiger partial charge < -0.3 is 0 Å². The molecule has 0 aliphatic heterocycles. The highest BCUT2D eigenvalue weighted by Gasteiger charge is 1.99. The lowest BCUT2D eigenvalue weighted by atomic mass is 9.99. The van der Waals surface area contributed by atoms with Crippen molar-refractivity contribution in [2.24, 2.45) is 0 Å². The second-order valence-corrected chi connectivity index (χ2v) is 5.33. The summed E-state index contributed by atoms with van der Waals surface area (Å²) in [6.07, 6.45) is 12.8. The van der Waals surface area contributed by atoms with Gasteiger partial charge in [0.2, 0.25) is 0 Å². The fourth-order valence-electron chi connectivity index (χ4n) is 2.15. The van der Waals surface area contributed by atoms with Crippen LogP contribution in [0.3, 0.4) is 0 Å². The van der Waals surface area contributed by atoms with Crippen LogP contribution in [0, 0.1) is 6.92 Å². The zero-order chi connectivity index (χ0) is 13.2. The molecule has 0 aliphatic rings. The van der Waals surface area contributed by atoms with Crippen LogP contribution in [0.4, 0.5) is 0 Å². The third kappa shape index (κ3) is 6.05. The molecule has 0 aromatic heterocycles. The summed E-state index contributed by atoms with van der Waals surface area (Å²) in [4.78, 5) is 0. The molecule has 100 valence electrons. The first-order valence-electron chi connectivity index (χ1n) is 7.47. The molecule has 18 heavy (non-hydrogen) atoms. The van der Waals surface area contributed by atoms with Gasteiger partial charge in [-0.05, 0) is 31.2 Å². The number of allylic oxidation sites excluding steroid dienone is 2. The molecular formula is C18H28. The summed E-state index contributed by atoms with van der Waals surface area (Å²) >= 11 is 0. The van der Waals surface area contributed by atoms with Gasteiger partial charge in [0.25, 0.3) is 0 Å². The zero-order valence-corrected chi connectivity index (χ0v) is 12.3. The molecule has 1 unspecified atom stereocenters. The van der Waals surface area contributed by atoms with Crippen LogP contribution in [0.2, 0.25) is 0 Å². The smallest absolute Gasteiger partial charge is 0.00104 e. The molecule has 0 spiro atoms. The maximum absolute atomic E-state index is 2.36. The summed E-state index contributed by atoms with van der Waals surface area (Å²) in [7, 11) is 0. The highest BCUT2D eigenvalue weighted by molar-refractivity contribution is 5.26. The Morgan fingerprint density at radius 3 is 2.33 bits per heavy atom. The predicted octanol–water partition coefficient (Wildman–Crippen LogP) is 6.02. The average Bonchev–Trinajstić information content (AvgIpc) is 2.38. The Bertz CT molecular complexity index is 332. The first-order valence-corrected chi connectivity index (χ1v) is 7.47. The molecule has 0 nitrogen and oxygen atoms in total. The van der Waals surface area contributed by atoms with Crippen LogP contribution in [0.25, 0.3) is 0 Å². The SMILES string of the molecule is CCCCCCCC=CC(C)c1ccc(C)cc1. The average molecular weight is 244 g/mol. The van der Waals surface area contributed by atoms with Crippen LogP contribution in [0.15, 0.2) is 36.4 Å². The molecule has 0 heterocycles. The fourth-order valence-corrected chi connectivity index (χ4v) is 2.15. The highest BCUT2D eigenvalue weighted by Crippen LogP contribution is 2.17. The van der Waals surface area contributed by atoms with Gasteiger partial charge in [0, 0.05) is 0 Å². The van der Waals surface area contributed by atoms with E-state index in [0.717, 1.165) is 0 Å². The third-order valence-electron chi connectivity index (χ3n) is 3.50. The Hall–Kier alpha value is -1.04. The minimum Gasteiger partial charge on any atom is -0.0879 e. The molecule has 0 bridgehead atoms. The van der Waals surface area contributed by atoms with Crippen molar-refractivity contribution >= 4 is 0 Å². The summed E-state index contributed by atoms with van der Waals surface area (Å²) in [5.74, 6) is 0.543. The van der Waals surface area contributed by atoms with Gasteiger partial charge in [-0.15, -0.1) is 0 Å². The predicted molar refractivity (Wildman–Crippen MR) is 82.1 cm³/mol. The van der Waals surface area contributed by atoms with Crippen molar-refractivity contribution in [2.75, 3.05) is 0 Å². The van der Waals surface area contributed by atoms with Crippen molar-refractivity contribution in [1.82, 2.24) is 0 Å². The molecule has 1 rings (SSSR count). The largest absolute Gasteiger partial charge is 0.0879 e. The van der Waals surface area contributed by atoms with E-state index >= 15 is 0 Å². The molecule has 0 saturated heterocycles. The van der Waals surface area contributed by atoms with Gasteiger partial charge in [-0.3, -0.25) is 0 Å². The van der Waals surface area contributed by atoms with E-state index in [1.54, 1.807) is 0 Å². The van der Waals surface area contributed by atoms with E-state index in [4.69, 9.17) is 0 Å². The summed E-state index contributed by atoms with van der Waals surface area (Å²) in [5.41, 5.74) is 2.76. The Kier molecular flexibility index (Phi) is 7.48. The van der Waals surface area contributed by atoms with Crippen LogP contribution in [-0.2, 0) is 0 Å². The van der Waals surface area contributed by atoms with Crippen LogP contribution in [-0.4, -0.2) is 0 Å². The van der Waals surface area contributed by atoms with Crippen LogP contribution >= 0.6 is 0 Å². The van der Waals surface area contributed by atoms with Gasteiger partial charge in [-0.2, -0.15) is 0 Å². The van der Waals surface area contributed by atoms with Crippen molar-refractivity contribution < 1.29 is 0 Å². The van der Waals surface area contributed by atoms with Gasteiger partial charge in [0.15, 0.2) is 0 Å². The number of hydrogen-bond donors (Lipinski definition) is 0. The lowest BCUT2D eigenvalue weighted by Crippen LogP contribution is -1.88. The highest BCUT2D eigenvalue weighted by atomic mass is 14.0. The molecule has 1 aromatic carbocycles. The number of aryl methyl sites for hydroxylation is 1. The van der Waals surface area contributed by atoms with Gasteiger partial charge >= 0.3 is 0 Å². The lowest BCUT2D eigenvalue weighted by molar-refractivity contribution is 0.637. The molecule has 0 N–H and O–H groups in total. The second-order valence-electron chi connectivity index (χ2n) is 5.33. The molecule has 0 amide bonds. The van der Waals surface area contributed by atoms with E-state index in [2.05, 4.69) is 57.2 Å². The van der Waals surface area contributed by atoms with E-state index in [9.17, 15) is 0 Å². The molecule has 0 heteroatoms. The molecule has 0 fully saturated rings. The van der Waals surface area contributed by atoms with Crippen LogP contribution in [0.5, 0.6) is 0 Å². The van der Waals surface area contributed by atoms with Crippen LogP contribution < -0.4 is 0 Å². The molecule has 1 atom stereocenters. The minimum atomic E-state index is 0.543. The summed E-state index contributed by atoms with van der Waals surface area (Å²) < 4.78 is 0. The fraction of sp³-hybridized carbons (Fsp3) is 0.556. The van der Waals surface area contributed by atoms with Gasteiger partial charge in [-0.25, -0.2) is 0 Å². The molecule has 0 aliphatic carbocycles. The summed E-state index contributed by atoms with van der Waals surface area (Å²) in [6.45, 7) is 6.68. The molecule has 0 radical (unpaired) electrons. The van der Waals surface area contributed by atoms with Crippen LogP contribution in [0.1, 0.15) is 69.4 Å². The summed E-state index contributed by atoms with van der Waals surface area (Å²) in [5, 5.41) is 0. The third-order valence-corrected chi connectivity index (χ3v) is 3.50. The second kappa shape index (κ2) is 8.97. The van der Waals surface area contributed by atoms with E-state index in [1.807, 2.05) is 0 Å². The molecule has 1 aromatic rings. The first kappa shape index (κ1) is 15.0. The van der Waals surface area contributed by atoms with E-state index in [0.29, 0.717) is 5.92 Å². The zero-order valence-electron chi connectivity index (χ0n) is 12.3. The normalized spacial score (nSPS) is 13.1. The molecular weight excluding hydrogens is 216 g/mol. The van der Waals surface area contributed by atoms with E-state index in [1.165, 1.54) is 49.7 Å². The van der Waals surface area contributed by atoms with E-state index in [-0.39, 0.29) is 0 Å². The van der Waals surface area contributed by atoms with Gasteiger partial charge in [0.1, 0.15) is 0 Å². The van der Waals surface area contributed by atoms with Crippen molar-refractivity contribution in [2.45, 2.75) is 65.2 Å². The number of hydrogen-bond acceptors (Lipinski definition) is 0. The lowest BCUT2D eigenvalue weighted by Gasteiger charge is -2.06. The van der Waals surface area contributed by atoms with Crippen molar-refractivity contribution in [3.63, 3.8) is 0 Å². The summed E-state index contributed by atoms with van der Waals surface area (Å²) in [6, 6.07) is 8.88. The molecule has 0 saturated carbocycles. The Morgan fingerprint density at radius 1 is 1.00 bits per heavy atom. The minimum absolute atomic E-state index is 0.543. The van der Waals surface area contributed by atoms with Gasteiger partial charge in [0.05, 0.1) is 0 Å². The Morgan fingerprint density at radius 2 is 1.67 bits per heavy atom. The first-order chi connectivity index (χ1) is 8.74. The maximum atomic E-state index is 2.36. The van der Waals surface area contributed by atoms with E-state index < -0.39 is 0 Å². The standard InChI is InChI=1S/C18H28/c1-4-5-6-7-8-9-10-11-17(3)18-14-12-16(2)13-15-18/h10-15,17H,4-9H2,1-3H3. The van der Waals surface area contributed by atoms with Crippen molar-refractivity contribution in [1.29, 1.82) is 0 Å². The topological polar surface area (TPSA) is 0 Å². The number of benzene rings is 1. The maximum Gasteiger partial charge on any atom is -0.00104 e. The van der Waals surface area contributed by atoms with Crippen molar-refractivity contribution in [3.05, 3.63) is 47.5 Å². The quantitative estimate of drug-likeness (QED) is 0.388. The van der Waals surface area contributed by atoms with Gasteiger partial charge in [-0.1, -0.05) is 81.5 Å².